The van der Waals surface area contributed by atoms with Gasteiger partial charge >= 0.3 is 0 Å². The number of carbonyl (C=O) groups is 2. The number of amides is 1. The smallest absolute Gasteiger partial charge is 0.273 e. The summed E-state index contributed by atoms with van der Waals surface area (Å²) in [6.07, 6.45) is 0. The Morgan fingerprint density at radius 3 is 2.14 bits per heavy atom. The molecule has 0 spiro atoms. The molecule has 5 heteroatoms. The van der Waals surface area contributed by atoms with Crippen LogP contribution in [0.3, 0.4) is 0 Å². The maximum Gasteiger partial charge on any atom is 0.273 e. The van der Waals surface area contributed by atoms with Crippen molar-refractivity contribution in [3.63, 3.8) is 0 Å². The van der Waals surface area contributed by atoms with Gasteiger partial charge in [-0.05, 0) is 0 Å². The van der Waals surface area contributed by atoms with Crippen LogP contribution >= 0.6 is 0 Å². The molecule has 1 N–H and O–H groups in total. The van der Waals surface area contributed by atoms with E-state index in [1.165, 1.54) is 14.2 Å². The van der Waals surface area contributed by atoms with E-state index in [4.69, 9.17) is 4.84 Å². The van der Waals surface area contributed by atoms with Gasteiger partial charge in [-0.1, -0.05) is 59.8 Å². The van der Waals surface area contributed by atoms with E-state index in [9.17, 15) is 9.59 Å². The van der Waals surface area contributed by atoms with Gasteiger partial charge in [-0.25, -0.2) is 0 Å². The number of ketones is 1. The quantitative estimate of drug-likeness (QED) is 0.521. The minimum Gasteiger partial charge on any atom is -0.398 e. The van der Waals surface area contributed by atoms with E-state index in [2.05, 4.69) is 10.5 Å². The summed E-state index contributed by atoms with van der Waals surface area (Å²) < 4.78 is 0. The lowest BCUT2D eigenvalue weighted by Gasteiger charge is -2.10. The molecule has 0 heterocycles. The van der Waals surface area contributed by atoms with Crippen molar-refractivity contribution in [3.8, 4) is 0 Å². The van der Waals surface area contributed by atoms with E-state index in [1.807, 2.05) is 6.07 Å². The maximum atomic E-state index is 12.7. The number of carbonyl (C=O) groups excluding carboxylic acids is 2. The van der Waals surface area contributed by atoms with Gasteiger partial charge in [-0.2, -0.15) is 0 Å². The highest BCUT2D eigenvalue weighted by atomic mass is 16.6. The molecule has 0 unspecified atom stereocenters. The second-order valence-electron chi connectivity index (χ2n) is 4.44. The van der Waals surface area contributed by atoms with Crippen LogP contribution in [0.2, 0.25) is 0 Å². The molecule has 0 aromatic heterocycles. The van der Waals surface area contributed by atoms with Gasteiger partial charge in [0.05, 0.1) is 0 Å². The average molecular weight is 296 g/mol. The van der Waals surface area contributed by atoms with Gasteiger partial charge < -0.3 is 10.2 Å². The number of oxime groups is 1. The van der Waals surface area contributed by atoms with Gasteiger partial charge in [0.2, 0.25) is 0 Å². The van der Waals surface area contributed by atoms with Crippen LogP contribution < -0.4 is 5.32 Å². The van der Waals surface area contributed by atoms with Crippen molar-refractivity contribution in [2.75, 3.05) is 14.2 Å². The SMILES string of the molecule is CNC(=O)/C(=N\OC)c1ccccc1C(=O)c1ccccc1. The molecule has 22 heavy (non-hydrogen) atoms. The molecule has 2 aromatic rings. The number of nitrogens with zero attached hydrogens (tertiary/aromatic N) is 1. The molecule has 0 atom stereocenters. The third-order valence-electron chi connectivity index (χ3n) is 3.09. The third-order valence-corrected chi connectivity index (χ3v) is 3.09. The van der Waals surface area contributed by atoms with E-state index in [-0.39, 0.29) is 11.5 Å². The van der Waals surface area contributed by atoms with Crippen LogP contribution in [-0.2, 0) is 9.63 Å². The molecule has 0 aliphatic carbocycles. The van der Waals surface area contributed by atoms with Crippen molar-refractivity contribution >= 4 is 17.4 Å². The van der Waals surface area contributed by atoms with Crippen molar-refractivity contribution < 1.29 is 14.4 Å². The van der Waals surface area contributed by atoms with Crippen LogP contribution in [0.25, 0.3) is 0 Å². The fraction of sp³-hybridized carbons (Fsp3) is 0.118. The Morgan fingerprint density at radius 2 is 1.55 bits per heavy atom. The highest BCUT2D eigenvalue weighted by Gasteiger charge is 2.21. The topological polar surface area (TPSA) is 67.8 Å². The van der Waals surface area contributed by atoms with Crippen molar-refractivity contribution in [2.24, 2.45) is 5.16 Å². The van der Waals surface area contributed by atoms with Crippen molar-refractivity contribution in [1.82, 2.24) is 5.32 Å². The van der Waals surface area contributed by atoms with Crippen LogP contribution in [0.1, 0.15) is 21.5 Å². The Kier molecular flexibility index (Phi) is 5.03. The predicted molar refractivity (Wildman–Crippen MR) is 83.9 cm³/mol. The summed E-state index contributed by atoms with van der Waals surface area (Å²) in [5.74, 6) is -0.598. The highest BCUT2D eigenvalue weighted by molar-refractivity contribution is 6.46. The summed E-state index contributed by atoms with van der Waals surface area (Å²) in [7, 11) is 2.85. The second-order valence-corrected chi connectivity index (χ2v) is 4.44. The van der Waals surface area contributed by atoms with E-state index in [0.29, 0.717) is 16.7 Å². The molecule has 0 fully saturated rings. The summed E-state index contributed by atoms with van der Waals surface area (Å²) in [6, 6.07) is 15.7. The summed E-state index contributed by atoms with van der Waals surface area (Å²) >= 11 is 0. The molecular formula is C17H16N2O3. The Balaban J connectivity index is 2.53. The van der Waals surface area contributed by atoms with Gasteiger partial charge in [0.15, 0.2) is 11.5 Å². The average Bonchev–Trinajstić information content (AvgIpc) is 2.59. The first kappa shape index (κ1) is 15.4. The number of likely N-dealkylation sites (N-methyl/N-ethyl adjacent to an activating group) is 1. The zero-order valence-corrected chi connectivity index (χ0v) is 12.4. The minimum atomic E-state index is -0.421. The Bertz CT molecular complexity index is 709. The van der Waals surface area contributed by atoms with E-state index in [0.717, 1.165) is 0 Å². The van der Waals surface area contributed by atoms with Crippen molar-refractivity contribution in [3.05, 3.63) is 71.3 Å². The Hall–Kier alpha value is -2.95. The fourth-order valence-corrected chi connectivity index (χ4v) is 2.06. The minimum absolute atomic E-state index is 0.0601. The third kappa shape index (κ3) is 3.20. The van der Waals surface area contributed by atoms with Crippen LogP contribution in [0.5, 0.6) is 0 Å². The number of hydrogen-bond donors (Lipinski definition) is 1. The molecule has 0 bridgehead atoms. The van der Waals surface area contributed by atoms with Gasteiger partial charge in [0.25, 0.3) is 5.91 Å². The van der Waals surface area contributed by atoms with Crippen LogP contribution in [0.4, 0.5) is 0 Å². The second kappa shape index (κ2) is 7.17. The normalized spacial score (nSPS) is 10.9. The Labute approximate surface area is 128 Å². The molecular weight excluding hydrogens is 280 g/mol. The van der Waals surface area contributed by atoms with E-state index in [1.54, 1.807) is 48.5 Å². The molecule has 1 amide bonds. The van der Waals surface area contributed by atoms with E-state index >= 15 is 0 Å². The molecule has 2 aromatic carbocycles. The molecule has 2 rings (SSSR count). The number of nitrogens with one attached hydrogen (secondary N) is 1. The lowest BCUT2D eigenvalue weighted by molar-refractivity contribution is -0.114. The zero-order chi connectivity index (χ0) is 15.9. The molecule has 0 saturated heterocycles. The monoisotopic (exact) mass is 296 g/mol. The summed E-state index contributed by atoms with van der Waals surface area (Å²) in [5.41, 5.74) is 1.43. The van der Waals surface area contributed by atoms with Gasteiger partial charge in [0.1, 0.15) is 7.11 Å². The first-order valence-corrected chi connectivity index (χ1v) is 6.71. The first-order valence-electron chi connectivity index (χ1n) is 6.71. The van der Waals surface area contributed by atoms with Gasteiger partial charge in [-0.3, -0.25) is 9.59 Å². The van der Waals surface area contributed by atoms with Crippen molar-refractivity contribution in [1.29, 1.82) is 0 Å². The van der Waals surface area contributed by atoms with Gasteiger partial charge in [-0.15, -0.1) is 0 Å². The largest absolute Gasteiger partial charge is 0.398 e. The zero-order valence-electron chi connectivity index (χ0n) is 12.4. The fourth-order valence-electron chi connectivity index (χ4n) is 2.06. The number of rotatable bonds is 5. The van der Waals surface area contributed by atoms with Crippen molar-refractivity contribution in [2.45, 2.75) is 0 Å². The number of benzene rings is 2. The summed E-state index contributed by atoms with van der Waals surface area (Å²) in [6.45, 7) is 0. The van der Waals surface area contributed by atoms with Crippen LogP contribution in [0, 0.1) is 0 Å². The van der Waals surface area contributed by atoms with Crippen LogP contribution in [0.15, 0.2) is 59.8 Å². The molecule has 5 nitrogen and oxygen atoms in total. The highest BCUT2D eigenvalue weighted by Crippen LogP contribution is 2.16. The predicted octanol–water partition coefficient (Wildman–Crippen LogP) is 2.01. The molecule has 112 valence electrons. The van der Waals surface area contributed by atoms with E-state index < -0.39 is 5.91 Å². The van der Waals surface area contributed by atoms with Gasteiger partial charge in [0, 0.05) is 23.7 Å². The molecule has 0 radical (unpaired) electrons. The molecule has 0 aliphatic rings. The summed E-state index contributed by atoms with van der Waals surface area (Å²) in [5, 5.41) is 6.25. The Morgan fingerprint density at radius 1 is 0.955 bits per heavy atom. The summed E-state index contributed by atoms with van der Waals surface area (Å²) in [4.78, 5) is 29.4. The molecule has 0 aliphatic heterocycles. The first-order chi connectivity index (χ1) is 10.7. The lowest BCUT2D eigenvalue weighted by Crippen LogP contribution is -2.30. The molecule has 0 saturated carbocycles. The van der Waals surface area contributed by atoms with Crippen LogP contribution in [-0.4, -0.2) is 31.6 Å². The standard InChI is InChI=1S/C17H16N2O3/c1-18-17(21)15(19-22-2)13-10-6-7-11-14(13)16(20)12-8-4-3-5-9-12/h3-11H,1-2H3,(H,18,21)/b19-15-. The number of hydrogen-bond acceptors (Lipinski definition) is 4. The maximum absolute atomic E-state index is 12.7. The lowest BCUT2D eigenvalue weighted by atomic mass is 9.95.